The highest BCUT2D eigenvalue weighted by molar-refractivity contribution is 7.89. The highest BCUT2D eigenvalue weighted by Crippen LogP contribution is 2.18. The van der Waals surface area contributed by atoms with Crippen LogP contribution < -0.4 is 10.3 Å². The van der Waals surface area contributed by atoms with Gasteiger partial charge in [-0.15, -0.1) is 4.48 Å². The largest absolute Gasteiger partial charge is 0.312 e. The summed E-state index contributed by atoms with van der Waals surface area (Å²) in [7, 11) is -3.98. The average Bonchev–Trinajstić information content (AvgIpc) is 2.28. The number of halogens is 1. The quantitative estimate of drug-likeness (QED) is 0.727. The van der Waals surface area contributed by atoms with Crippen molar-refractivity contribution in [2.24, 2.45) is 0 Å². The fourth-order valence-corrected chi connectivity index (χ4v) is 2.30. The Bertz CT molecular complexity index is 473. The number of fused-ring (bicyclic) bond motifs is 1. The Kier molecular flexibility index (Phi) is 2.72. The van der Waals surface area contributed by atoms with Crippen molar-refractivity contribution in [3.05, 3.63) is 29.3 Å². The molecular formula is C9H11FN2O2S. The average molecular weight is 230 g/mol. The number of benzene rings is 1. The second-order valence-corrected chi connectivity index (χ2v) is 5.07. The second-order valence-electron chi connectivity index (χ2n) is 3.44. The maximum Gasteiger partial charge on any atom is 0.266 e. The summed E-state index contributed by atoms with van der Waals surface area (Å²) in [4.78, 5) is 0.781. The Labute approximate surface area is 87.5 Å². The number of hydrogen-bond acceptors (Lipinski definition) is 3. The van der Waals surface area contributed by atoms with E-state index in [0.29, 0.717) is 6.54 Å². The van der Waals surface area contributed by atoms with Crippen LogP contribution in [0, 0.1) is 0 Å². The summed E-state index contributed by atoms with van der Waals surface area (Å²) in [6, 6.07) is 4.66. The molecule has 1 aliphatic heterocycles. The van der Waals surface area contributed by atoms with Gasteiger partial charge in [-0.05, 0) is 41.2 Å². The van der Waals surface area contributed by atoms with E-state index in [9.17, 15) is 12.9 Å². The normalized spacial score (nSPS) is 16.1. The van der Waals surface area contributed by atoms with Gasteiger partial charge >= 0.3 is 0 Å². The zero-order valence-corrected chi connectivity index (χ0v) is 8.77. The molecule has 0 unspecified atom stereocenters. The molecule has 1 aromatic carbocycles. The van der Waals surface area contributed by atoms with Crippen molar-refractivity contribution in [2.45, 2.75) is 17.9 Å². The Morgan fingerprint density at radius 3 is 2.87 bits per heavy atom. The fraction of sp³-hybridized carbons (Fsp3) is 0.333. The summed E-state index contributed by atoms with van der Waals surface area (Å²) in [5.41, 5.74) is 2.03. The number of sulfonamides is 1. The molecule has 1 heterocycles. The summed E-state index contributed by atoms with van der Waals surface area (Å²) in [5.74, 6) is 0. The van der Waals surface area contributed by atoms with Crippen LogP contribution in [0.2, 0.25) is 0 Å². The maximum atomic E-state index is 12.0. The van der Waals surface area contributed by atoms with E-state index in [0.717, 1.165) is 29.0 Å². The van der Waals surface area contributed by atoms with Crippen molar-refractivity contribution < 1.29 is 12.9 Å². The minimum absolute atomic E-state index is 0.0348. The van der Waals surface area contributed by atoms with Gasteiger partial charge in [-0.25, -0.2) is 8.42 Å². The fourth-order valence-electron chi connectivity index (χ4n) is 1.67. The van der Waals surface area contributed by atoms with Gasteiger partial charge in [0, 0.05) is 6.54 Å². The van der Waals surface area contributed by atoms with Crippen molar-refractivity contribution in [1.82, 2.24) is 10.3 Å². The summed E-state index contributed by atoms with van der Waals surface area (Å²) in [6.45, 7) is 1.52. The Balaban J connectivity index is 2.45. The molecule has 0 aliphatic carbocycles. The van der Waals surface area contributed by atoms with Gasteiger partial charge in [0.2, 0.25) is 0 Å². The third kappa shape index (κ3) is 2.01. The van der Waals surface area contributed by atoms with Crippen molar-refractivity contribution in [3.8, 4) is 0 Å². The van der Waals surface area contributed by atoms with Crippen LogP contribution in [0.3, 0.4) is 0 Å². The smallest absolute Gasteiger partial charge is 0.266 e. The lowest BCUT2D eigenvalue weighted by atomic mass is 10.0. The molecule has 0 bridgehead atoms. The summed E-state index contributed by atoms with van der Waals surface area (Å²) in [6.07, 6.45) is 0.874. The Morgan fingerprint density at radius 1 is 1.33 bits per heavy atom. The van der Waals surface area contributed by atoms with Crippen LogP contribution in [0.1, 0.15) is 11.1 Å². The molecule has 82 valence electrons. The van der Waals surface area contributed by atoms with E-state index in [1.807, 2.05) is 0 Å². The molecule has 0 amide bonds. The lowest BCUT2D eigenvalue weighted by Crippen LogP contribution is -2.24. The monoisotopic (exact) mass is 230 g/mol. The van der Waals surface area contributed by atoms with Crippen LogP contribution in [0.4, 0.5) is 4.48 Å². The Hall–Kier alpha value is -0.980. The molecule has 1 aliphatic rings. The van der Waals surface area contributed by atoms with E-state index in [1.54, 1.807) is 6.07 Å². The van der Waals surface area contributed by atoms with E-state index in [2.05, 4.69) is 5.32 Å². The van der Waals surface area contributed by atoms with Gasteiger partial charge in [0.25, 0.3) is 10.0 Å². The van der Waals surface area contributed by atoms with Crippen LogP contribution >= 0.6 is 0 Å². The topological polar surface area (TPSA) is 58.2 Å². The maximum absolute atomic E-state index is 12.0. The van der Waals surface area contributed by atoms with Crippen LogP contribution in [0.25, 0.3) is 0 Å². The molecule has 1 aromatic rings. The molecule has 0 fully saturated rings. The van der Waals surface area contributed by atoms with E-state index in [4.69, 9.17) is 0 Å². The molecule has 0 radical (unpaired) electrons. The first-order valence-electron chi connectivity index (χ1n) is 4.58. The van der Waals surface area contributed by atoms with Gasteiger partial charge in [-0.2, -0.15) is 0 Å². The van der Waals surface area contributed by atoms with Crippen LogP contribution in [-0.4, -0.2) is 15.0 Å². The van der Waals surface area contributed by atoms with Crippen molar-refractivity contribution in [2.75, 3.05) is 6.54 Å². The first-order chi connectivity index (χ1) is 7.13. The lowest BCUT2D eigenvalue weighted by Gasteiger charge is -2.17. The molecule has 0 saturated heterocycles. The SMILES string of the molecule is O=S(=O)(NF)c1ccc2c(c1)CNCC2. The molecule has 2 rings (SSSR count). The third-order valence-electron chi connectivity index (χ3n) is 2.48. The van der Waals surface area contributed by atoms with Gasteiger partial charge in [0.15, 0.2) is 0 Å². The van der Waals surface area contributed by atoms with Gasteiger partial charge in [-0.1, -0.05) is 6.07 Å². The number of hydrogen-bond donors (Lipinski definition) is 2. The molecule has 0 atom stereocenters. The predicted octanol–water partition coefficient (Wildman–Crippen LogP) is 0.495. The van der Waals surface area contributed by atoms with Crippen LogP contribution in [-0.2, 0) is 23.0 Å². The van der Waals surface area contributed by atoms with Crippen LogP contribution in [0.5, 0.6) is 0 Å². The highest BCUT2D eigenvalue weighted by atomic mass is 32.2. The predicted molar refractivity (Wildman–Crippen MR) is 53.3 cm³/mol. The molecule has 0 saturated carbocycles. The lowest BCUT2D eigenvalue weighted by molar-refractivity contribution is 0.425. The first kappa shape index (κ1) is 10.5. The first-order valence-corrected chi connectivity index (χ1v) is 6.07. The third-order valence-corrected chi connectivity index (χ3v) is 3.55. The second kappa shape index (κ2) is 3.88. The molecule has 15 heavy (non-hydrogen) atoms. The van der Waals surface area contributed by atoms with Crippen molar-refractivity contribution in [1.29, 1.82) is 0 Å². The molecule has 0 spiro atoms. The van der Waals surface area contributed by atoms with E-state index >= 15 is 0 Å². The van der Waals surface area contributed by atoms with Crippen molar-refractivity contribution >= 4 is 10.0 Å². The molecule has 0 aromatic heterocycles. The van der Waals surface area contributed by atoms with Crippen molar-refractivity contribution in [3.63, 3.8) is 0 Å². The molecule has 2 N–H and O–H groups in total. The van der Waals surface area contributed by atoms with Gasteiger partial charge < -0.3 is 5.32 Å². The molecule has 4 nitrogen and oxygen atoms in total. The summed E-state index contributed by atoms with van der Waals surface area (Å²) in [5, 5.41) is 3.13. The van der Waals surface area contributed by atoms with E-state index in [1.165, 1.54) is 12.1 Å². The number of nitrogens with one attached hydrogen (secondary N) is 2. The highest BCUT2D eigenvalue weighted by Gasteiger charge is 2.16. The standard InChI is InChI=1S/C9H11FN2O2S/c10-12-15(13,14)9-2-1-7-3-4-11-6-8(7)5-9/h1-2,5,11-12H,3-4,6H2. The van der Waals surface area contributed by atoms with E-state index < -0.39 is 10.0 Å². The minimum atomic E-state index is -3.98. The Morgan fingerprint density at radius 2 is 2.13 bits per heavy atom. The minimum Gasteiger partial charge on any atom is -0.312 e. The van der Waals surface area contributed by atoms with Gasteiger partial charge in [-0.3, -0.25) is 0 Å². The zero-order valence-electron chi connectivity index (χ0n) is 7.96. The van der Waals surface area contributed by atoms with Crippen LogP contribution in [0.15, 0.2) is 23.1 Å². The summed E-state index contributed by atoms with van der Waals surface area (Å²) < 4.78 is 34.4. The van der Waals surface area contributed by atoms with Gasteiger partial charge in [0.05, 0.1) is 4.90 Å². The zero-order chi connectivity index (χ0) is 10.9. The number of rotatable bonds is 2. The molecular weight excluding hydrogens is 219 g/mol. The van der Waals surface area contributed by atoms with E-state index in [-0.39, 0.29) is 4.90 Å². The molecule has 6 heteroatoms. The van der Waals surface area contributed by atoms with Gasteiger partial charge in [0.1, 0.15) is 0 Å². The summed E-state index contributed by atoms with van der Waals surface area (Å²) >= 11 is 0.